The lowest BCUT2D eigenvalue weighted by Gasteiger charge is -2.04. The van der Waals surface area contributed by atoms with Crippen molar-refractivity contribution in [3.63, 3.8) is 0 Å². The molecule has 0 aliphatic rings. The minimum absolute atomic E-state index is 0.0805. The molecular weight excluding hydrogens is 269 g/mol. The average Bonchev–Trinajstić information content (AvgIpc) is 2.76. The molecule has 1 heterocycles. The van der Waals surface area contributed by atoms with Gasteiger partial charge in [-0.15, -0.1) is 0 Å². The van der Waals surface area contributed by atoms with Crippen LogP contribution in [0.3, 0.4) is 0 Å². The zero-order valence-electron chi connectivity index (χ0n) is 9.88. The minimum atomic E-state index is -1.36. The predicted octanol–water partition coefficient (Wildman–Crippen LogP) is 2.79. The van der Waals surface area contributed by atoms with Crippen molar-refractivity contribution in [2.45, 2.75) is 6.92 Å². The maximum absolute atomic E-state index is 14.0. The van der Waals surface area contributed by atoms with Crippen molar-refractivity contribution in [2.24, 2.45) is 0 Å². The van der Waals surface area contributed by atoms with Crippen LogP contribution in [-0.4, -0.2) is 11.0 Å². The van der Waals surface area contributed by atoms with Crippen LogP contribution in [0.5, 0.6) is 0 Å². The number of H-pyrrole nitrogens is 1. The average molecular weight is 277 g/mol. The van der Waals surface area contributed by atoms with E-state index in [2.05, 4.69) is 4.98 Å². The third-order valence-corrected chi connectivity index (χ3v) is 3.55. The van der Waals surface area contributed by atoms with Gasteiger partial charge in [0.05, 0.1) is 22.0 Å². The fourth-order valence-electron chi connectivity index (χ4n) is 2.37. The fourth-order valence-corrected chi connectivity index (χ4v) is 2.58. The van der Waals surface area contributed by atoms with Crippen LogP contribution in [0.1, 0.15) is 15.9 Å². The summed E-state index contributed by atoms with van der Waals surface area (Å²) in [6.45, 7) is 1.82. The summed E-state index contributed by atoms with van der Waals surface area (Å²) in [4.78, 5) is 14.0. The summed E-state index contributed by atoms with van der Waals surface area (Å²) in [6, 6.07) is 5.76. The summed E-state index contributed by atoms with van der Waals surface area (Å²) < 4.78 is 14.0. The first-order valence-corrected chi connectivity index (χ1v) is 5.99. The second-order valence-electron chi connectivity index (χ2n) is 4.37. The molecular formula is C14H8ClFNO2-. The molecule has 0 amide bonds. The molecule has 0 saturated heterocycles. The Morgan fingerprint density at radius 2 is 1.95 bits per heavy atom. The SMILES string of the molecule is Cc1ccc(Cl)c2[nH]c3c(C(=O)[O-])ccc(F)c3c12. The number of aromatic nitrogens is 1. The Balaban J connectivity index is 2.64. The molecule has 5 heteroatoms. The predicted molar refractivity (Wildman–Crippen MR) is 69.8 cm³/mol. The molecule has 1 aromatic heterocycles. The third-order valence-electron chi connectivity index (χ3n) is 3.24. The van der Waals surface area contributed by atoms with E-state index in [0.29, 0.717) is 15.9 Å². The van der Waals surface area contributed by atoms with Crippen LogP contribution in [0.2, 0.25) is 5.02 Å². The van der Waals surface area contributed by atoms with Gasteiger partial charge in [0.25, 0.3) is 0 Å². The van der Waals surface area contributed by atoms with Gasteiger partial charge in [0.1, 0.15) is 5.82 Å². The standard InChI is InChI=1S/C14H9ClFNO2/c1-6-2-4-8(15)13-10(6)11-9(16)5-3-7(14(18)19)12(11)17-13/h2-5,17H,1H3,(H,18,19)/p-1. The number of carbonyl (C=O) groups is 1. The van der Waals surface area contributed by atoms with E-state index in [4.69, 9.17) is 11.6 Å². The Hall–Kier alpha value is -2.07. The molecule has 0 fully saturated rings. The number of aromatic carboxylic acids is 1. The number of halogens is 2. The molecule has 3 aromatic rings. The monoisotopic (exact) mass is 276 g/mol. The van der Waals surface area contributed by atoms with Gasteiger partial charge < -0.3 is 14.9 Å². The zero-order chi connectivity index (χ0) is 13.7. The molecule has 0 aliphatic heterocycles. The number of fused-ring (bicyclic) bond motifs is 3. The lowest BCUT2D eigenvalue weighted by molar-refractivity contribution is -0.254. The highest BCUT2D eigenvalue weighted by Crippen LogP contribution is 2.35. The molecule has 0 saturated carbocycles. The molecule has 3 nitrogen and oxygen atoms in total. The van der Waals surface area contributed by atoms with Gasteiger partial charge in [0, 0.05) is 16.3 Å². The van der Waals surface area contributed by atoms with Crippen molar-refractivity contribution in [1.29, 1.82) is 0 Å². The third kappa shape index (κ3) is 1.60. The van der Waals surface area contributed by atoms with E-state index in [0.717, 1.165) is 11.6 Å². The van der Waals surface area contributed by atoms with Crippen molar-refractivity contribution < 1.29 is 14.3 Å². The smallest absolute Gasteiger partial charge is 0.133 e. The van der Waals surface area contributed by atoms with Gasteiger partial charge in [-0.1, -0.05) is 17.7 Å². The molecule has 0 atom stereocenters. The Morgan fingerprint density at radius 1 is 1.21 bits per heavy atom. The topological polar surface area (TPSA) is 55.9 Å². The molecule has 2 aromatic carbocycles. The minimum Gasteiger partial charge on any atom is -0.545 e. The summed E-state index contributed by atoms with van der Waals surface area (Å²) in [5, 5.41) is 12.3. The van der Waals surface area contributed by atoms with E-state index >= 15 is 0 Å². The van der Waals surface area contributed by atoms with Gasteiger partial charge in [-0.25, -0.2) is 4.39 Å². The highest BCUT2D eigenvalue weighted by molar-refractivity contribution is 6.36. The Morgan fingerprint density at radius 3 is 2.63 bits per heavy atom. The summed E-state index contributed by atoms with van der Waals surface area (Å²) in [6.07, 6.45) is 0. The highest BCUT2D eigenvalue weighted by atomic mass is 35.5. The van der Waals surface area contributed by atoms with E-state index in [1.54, 1.807) is 12.1 Å². The van der Waals surface area contributed by atoms with Crippen molar-refractivity contribution in [1.82, 2.24) is 4.98 Å². The fraction of sp³-hybridized carbons (Fsp3) is 0.0714. The number of hydrogen-bond acceptors (Lipinski definition) is 2. The van der Waals surface area contributed by atoms with Crippen molar-refractivity contribution >= 4 is 39.4 Å². The number of carboxylic acids is 1. The summed E-state index contributed by atoms with van der Waals surface area (Å²) in [5.41, 5.74) is 1.47. The van der Waals surface area contributed by atoms with Gasteiger partial charge in [-0.05, 0) is 30.7 Å². The summed E-state index contributed by atoms with van der Waals surface area (Å²) in [7, 11) is 0. The van der Waals surface area contributed by atoms with Crippen LogP contribution < -0.4 is 5.11 Å². The van der Waals surface area contributed by atoms with E-state index in [9.17, 15) is 14.3 Å². The summed E-state index contributed by atoms with van der Waals surface area (Å²) in [5.74, 6) is -1.85. The number of carboxylic acid groups (broad SMARTS) is 1. The lowest BCUT2D eigenvalue weighted by Crippen LogP contribution is -2.22. The van der Waals surface area contributed by atoms with E-state index in [-0.39, 0.29) is 16.5 Å². The maximum atomic E-state index is 14.0. The number of benzene rings is 2. The number of hydrogen-bond donors (Lipinski definition) is 1. The molecule has 3 rings (SSSR count). The van der Waals surface area contributed by atoms with Gasteiger partial charge in [-0.3, -0.25) is 0 Å². The molecule has 0 unspecified atom stereocenters. The summed E-state index contributed by atoms with van der Waals surface area (Å²) >= 11 is 6.07. The first kappa shape index (κ1) is 12.0. The number of nitrogens with one attached hydrogen (secondary N) is 1. The van der Waals surface area contributed by atoms with Crippen LogP contribution in [0.25, 0.3) is 21.8 Å². The molecule has 0 radical (unpaired) electrons. The maximum Gasteiger partial charge on any atom is 0.133 e. The van der Waals surface area contributed by atoms with Crippen molar-refractivity contribution in [2.75, 3.05) is 0 Å². The van der Waals surface area contributed by atoms with Crippen LogP contribution in [-0.2, 0) is 0 Å². The molecule has 0 aliphatic carbocycles. The van der Waals surface area contributed by atoms with E-state index < -0.39 is 11.8 Å². The molecule has 19 heavy (non-hydrogen) atoms. The molecule has 1 N–H and O–H groups in total. The van der Waals surface area contributed by atoms with Crippen LogP contribution in [0, 0.1) is 12.7 Å². The number of rotatable bonds is 1. The lowest BCUT2D eigenvalue weighted by atomic mass is 10.0. The number of aryl methyl sites for hydroxylation is 1. The normalized spacial score (nSPS) is 11.3. The zero-order valence-corrected chi connectivity index (χ0v) is 10.6. The molecule has 0 spiro atoms. The largest absolute Gasteiger partial charge is 0.545 e. The van der Waals surface area contributed by atoms with Crippen molar-refractivity contribution in [3.8, 4) is 0 Å². The Bertz CT molecular complexity index is 838. The van der Waals surface area contributed by atoms with Gasteiger partial charge >= 0.3 is 0 Å². The molecule has 96 valence electrons. The first-order chi connectivity index (χ1) is 9.00. The van der Waals surface area contributed by atoms with Gasteiger partial charge in [-0.2, -0.15) is 0 Å². The highest BCUT2D eigenvalue weighted by Gasteiger charge is 2.16. The number of carbonyl (C=O) groups excluding carboxylic acids is 1. The van der Waals surface area contributed by atoms with Crippen LogP contribution in [0.15, 0.2) is 24.3 Å². The second-order valence-corrected chi connectivity index (χ2v) is 4.78. The van der Waals surface area contributed by atoms with Crippen molar-refractivity contribution in [3.05, 3.63) is 46.2 Å². The number of aromatic amines is 1. The van der Waals surface area contributed by atoms with Gasteiger partial charge in [0.15, 0.2) is 0 Å². The Labute approximate surface area is 112 Å². The Kier molecular flexibility index (Phi) is 2.50. The first-order valence-electron chi connectivity index (χ1n) is 5.61. The van der Waals surface area contributed by atoms with E-state index in [1.807, 2.05) is 6.92 Å². The van der Waals surface area contributed by atoms with Gasteiger partial charge in [0.2, 0.25) is 0 Å². The van der Waals surface area contributed by atoms with Crippen LogP contribution in [0.4, 0.5) is 4.39 Å². The quantitative estimate of drug-likeness (QED) is 0.743. The van der Waals surface area contributed by atoms with E-state index in [1.165, 1.54) is 6.07 Å². The van der Waals surface area contributed by atoms with Crippen LogP contribution >= 0.6 is 11.6 Å². The second kappa shape index (κ2) is 3.96. The molecule has 0 bridgehead atoms.